The summed E-state index contributed by atoms with van der Waals surface area (Å²) >= 11 is 8.72. The van der Waals surface area contributed by atoms with E-state index in [1.807, 2.05) is 63.6 Å². The maximum atomic E-state index is 13.0. The largest absolute Gasteiger partial charge is 0.496 e. The van der Waals surface area contributed by atoms with Gasteiger partial charge in [-0.05, 0) is 57.9 Å². The van der Waals surface area contributed by atoms with E-state index >= 15 is 0 Å². The van der Waals surface area contributed by atoms with E-state index in [1.54, 1.807) is 7.11 Å². The van der Waals surface area contributed by atoms with E-state index in [0.717, 1.165) is 33.4 Å². The summed E-state index contributed by atoms with van der Waals surface area (Å²) in [7, 11) is 1.60. The molecular formula is C25H30N3O4S2+. The van der Waals surface area contributed by atoms with Gasteiger partial charge in [0.25, 0.3) is 0 Å². The Kier molecular flexibility index (Phi) is 6.01. The number of fused-ring (bicyclic) bond motifs is 2. The number of carboxylic acids is 1. The first-order valence-electron chi connectivity index (χ1n) is 11.1. The minimum atomic E-state index is -1.02. The van der Waals surface area contributed by atoms with Crippen molar-refractivity contribution in [1.82, 2.24) is 9.97 Å². The number of ether oxygens (including phenoxy) is 1. The molecule has 2 heterocycles. The average molecular weight is 501 g/mol. The highest BCUT2D eigenvalue weighted by molar-refractivity contribution is 7.85. The lowest BCUT2D eigenvalue weighted by Gasteiger charge is -2.21. The number of aliphatic carboxylic acids is 1. The minimum absolute atomic E-state index is 0.199. The molecule has 0 radical (unpaired) electrons. The second kappa shape index (κ2) is 8.30. The van der Waals surface area contributed by atoms with Crippen LogP contribution >= 0.6 is 25.3 Å². The van der Waals surface area contributed by atoms with Gasteiger partial charge in [0.2, 0.25) is 0 Å². The third kappa shape index (κ3) is 3.69. The first-order chi connectivity index (χ1) is 15.8. The highest BCUT2D eigenvalue weighted by Crippen LogP contribution is 2.47. The number of hydrogen-bond donors (Lipinski definition) is 4. The van der Waals surface area contributed by atoms with Crippen molar-refractivity contribution < 1.29 is 24.0 Å². The third-order valence-electron chi connectivity index (χ3n) is 7.03. The molecule has 7 nitrogen and oxygen atoms in total. The Bertz CT molecular complexity index is 1270. The predicted molar refractivity (Wildman–Crippen MR) is 137 cm³/mol. The summed E-state index contributed by atoms with van der Waals surface area (Å²) in [4.78, 5) is 32.7. The number of rotatable bonds is 6. The van der Waals surface area contributed by atoms with E-state index in [2.05, 4.69) is 30.2 Å². The fraction of sp³-hybridized carbons (Fsp3) is 0.440. The standard InChI is InChI=1S/C25H29N3O4S2/c1-12-17(11-19(33)20(34)21(29)30)28(8-7-18(12)32-6)23-26-15-9-13-14(10-16(15)27-23)25(4,5)22(31)24(13,2)3/h7-10,19-20H,11H2,1-6H3,(H3-,26,27,29,30,33,34)/p+1. The van der Waals surface area contributed by atoms with E-state index in [9.17, 15) is 14.7 Å². The molecule has 2 N–H and O–H groups in total. The highest BCUT2D eigenvalue weighted by Gasteiger charge is 2.50. The number of carbonyl (C=O) groups excluding carboxylic acids is 1. The molecule has 34 heavy (non-hydrogen) atoms. The first-order valence-corrected chi connectivity index (χ1v) is 12.1. The summed E-state index contributed by atoms with van der Waals surface area (Å²) in [6, 6.07) is 5.88. The number of H-pyrrole nitrogens is 1. The number of carbonyl (C=O) groups is 2. The summed E-state index contributed by atoms with van der Waals surface area (Å²) in [6.45, 7) is 9.79. The van der Waals surface area contributed by atoms with Crippen LogP contribution in [0.2, 0.25) is 0 Å². The number of nitrogens with one attached hydrogen (secondary N) is 1. The number of aromatic amines is 1. The quantitative estimate of drug-likeness (QED) is 0.307. The number of imidazole rings is 1. The summed E-state index contributed by atoms with van der Waals surface area (Å²) in [6.07, 6.45) is 2.19. The van der Waals surface area contributed by atoms with Crippen LogP contribution in [-0.2, 0) is 26.8 Å². The molecule has 0 spiro atoms. The summed E-state index contributed by atoms with van der Waals surface area (Å²) in [5.74, 6) is 0.459. The number of methoxy groups -OCH3 is 1. The molecule has 0 aliphatic heterocycles. The Morgan fingerprint density at radius 1 is 1.21 bits per heavy atom. The molecule has 1 aliphatic rings. The van der Waals surface area contributed by atoms with Gasteiger partial charge in [-0.1, -0.05) is 4.98 Å². The molecule has 0 saturated heterocycles. The lowest BCUT2D eigenvalue weighted by molar-refractivity contribution is -0.612. The van der Waals surface area contributed by atoms with Crippen LogP contribution in [0, 0.1) is 6.92 Å². The number of benzene rings is 1. The molecule has 2 atom stereocenters. The molecule has 180 valence electrons. The fourth-order valence-electron chi connectivity index (χ4n) is 5.04. The summed E-state index contributed by atoms with van der Waals surface area (Å²) < 4.78 is 7.40. The van der Waals surface area contributed by atoms with Gasteiger partial charge >= 0.3 is 11.9 Å². The first kappa shape index (κ1) is 24.6. The van der Waals surface area contributed by atoms with Crippen molar-refractivity contribution in [2.75, 3.05) is 7.11 Å². The van der Waals surface area contributed by atoms with Gasteiger partial charge in [0, 0.05) is 34.1 Å². The number of thiol groups is 2. The van der Waals surface area contributed by atoms with Crippen LogP contribution in [-0.4, -0.2) is 44.4 Å². The number of nitrogens with zero attached hydrogens (tertiary/aromatic N) is 2. The molecule has 1 aliphatic carbocycles. The molecule has 3 aromatic rings. The minimum Gasteiger partial charge on any atom is -0.496 e. The van der Waals surface area contributed by atoms with Crippen molar-refractivity contribution in [3.63, 3.8) is 0 Å². The molecule has 2 aromatic heterocycles. The Labute approximate surface area is 209 Å². The molecule has 0 fully saturated rings. The number of pyridine rings is 1. The van der Waals surface area contributed by atoms with Crippen molar-refractivity contribution in [1.29, 1.82) is 0 Å². The van der Waals surface area contributed by atoms with E-state index < -0.39 is 27.3 Å². The van der Waals surface area contributed by atoms with E-state index in [1.165, 1.54) is 0 Å². The van der Waals surface area contributed by atoms with Crippen LogP contribution in [0.3, 0.4) is 0 Å². The Balaban J connectivity index is 1.86. The van der Waals surface area contributed by atoms with Gasteiger partial charge in [0.1, 0.15) is 16.5 Å². The molecule has 1 aromatic carbocycles. The van der Waals surface area contributed by atoms with Gasteiger partial charge in [-0.3, -0.25) is 9.59 Å². The molecule has 0 saturated carbocycles. The predicted octanol–water partition coefficient (Wildman–Crippen LogP) is 3.52. The van der Waals surface area contributed by atoms with Gasteiger partial charge in [-0.25, -0.2) is 9.55 Å². The zero-order valence-corrected chi connectivity index (χ0v) is 21.9. The Hall–Kier alpha value is -2.52. The van der Waals surface area contributed by atoms with Gasteiger partial charge in [-0.2, -0.15) is 25.3 Å². The SMILES string of the molecule is COc1cc[n+](-c2nc3cc4c(cc3[nH]2)C(C)(C)C(=O)C4(C)C)c(CC(S)C(S)C(=O)O)c1C. The molecule has 4 rings (SSSR count). The maximum Gasteiger partial charge on any atom is 0.402 e. The number of hydrogen-bond acceptors (Lipinski definition) is 6. The second-order valence-corrected chi connectivity index (χ2v) is 11.2. The van der Waals surface area contributed by atoms with Crippen LogP contribution in [0.4, 0.5) is 0 Å². The monoisotopic (exact) mass is 500 g/mol. The van der Waals surface area contributed by atoms with Crippen molar-refractivity contribution in [3.05, 3.63) is 46.8 Å². The number of carboxylic acid groups (broad SMARTS) is 1. The van der Waals surface area contributed by atoms with Crippen LogP contribution < -0.4 is 9.30 Å². The molecular weight excluding hydrogens is 470 g/mol. The zero-order valence-electron chi connectivity index (χ0n) is 20.1. The van der Waals surface area contributed by atoms with Crippen molar-refractivity contribution in [2.45, 2.75) is 62.4 Å². The van der Waals surface area contributed by atoms with E-state index in [0.29, 0.717) is 18.1 Å². The smallest absolute Gasteiger partial charge is 0.402 e. The lowest BCUT2D eigenvalue weighted by atomic mass is 9.80. The second-order valence-electron chi connectivity index (χ2n) is 9.93. The van der Waals surface area contributed by atoms with Crippen molar-refractivity contribution in [3.8, 4) is 11.7 Å². The van der Waals surface area contributed by atoms with E-state index in [4.69, 9.17) is 9.72 Å². The van der Waals surface area contributed by atoms with Crippen LogP contribution in [0.1, 0.15) is 50.1 Å². The van der Waals surface area contributed by atoms with Crippen LogP contribution in [0.5, 0.6) is 5.75 Å². The molecule has 0 bridgehead atoms. The van der Waals surface area contributed by atoms with Gasteiger partial charge in [0.05, 0.1) is 19.0 Å². The molecule has 0 amide bonds. The third-order valence-corrected chi connectivity index (χ3v) is 8.32. The normalized spacial score (nSPS) is 18.1. The van der Waals surface area contributed by atoms with Gasteiger partial charge < -0.3 is 9.84 Å². The number of ketones is 1. The van der Waals surface area contributed by atoms with Crippen LogP contribution in [0.25, 0.3) is 17.0 Å². The molecule has 2 unspecified atom stereocenters. The summed E-state index contributed by atoms with van der Waals surface area (Å²) in [5, 5.41) is 7.91. The fourth-order valence-corrected chi connectivity index (χ4v) is 5.45. The number of aromatic nitrogens is 3. The number of Topliss-reactive ketones (excluding diaryl/α,β-unsaturated/α-hetero) is 1. The maximum absolute atomic E-state index is 13.0. The topological polar surface area (TPSA) is 96.2 Å². The van der Waals surface area contributed by atoms with E-state index in [-0.39, 0.29) is 5.78 Å². The van der Waals surface area contributed by atoms with Crippen molar-refractivity contribution in [2.24, 2.45) is 0 Å². The molecule has 9 heteroatoms. The Morgan fingerprint density at radius 3 is 2.41 bits per heavy atom. The zero-order chi connectivity index (χ0) is 25.2. The van der Waals surface area contributed by atoms with Crippen LogP contribution in [0.15, 0.2) is 24.4 Å². The Morgan fingerprint density at radius 2 is 1.82 bits per heavy atom. The highest BCUT2D eigenvalue weighted by atomic mass is 32.1. The summed E-state index contributed by atoms with van der Waals surface area (Å²) in [5.41, 5.74) is 4.13. The van der Waals surface area contributed by atoms with Gasteiger partial charge in [0.15, 0.2) is 11.3 Å². The van der Waals surface area contributed by atoms with Crippen molar-refractivity contribution >= 4 is 48.0 Å². The lowest BCUT2D eigenvalue weighted by Crippen LogP contribution is -2.40. The average Bonchev–Trinajstić information content (AvgIpc) is 3.25. The van der Waals surface area contributed by atoms with Gasteiger partial charge in [-0.15, -0.1) is 0 Å².